The maximum atomic E-state index is 5.87. The highest BCUT2D eigenvalue weighted by Gasteiger charge is 2.17. The Bertz CT molecular complexity index is 384. The van der Waals surface area contributed by atoms with Crippen molar-refractivity contribution in [3.63, 3.8) is 0 Å². The van der Waals surface area contributed by atoms with Crippen LogP contribution in [-0.2, 0) is 5.88 Å². The van der Waals surface area contributed by atoms with Gasteiger partial charge in [0.1, 0.15) is 0 Å². The molecule has 0 aromatic heterocycles. The SMILES string of the molecule is CCCN1CCN(c2ccc(CCl)cc2C)CC1. The fourth-order valence-electron chi connectivity index (χ4n) is 2.68. The summed E-state index contributed by atoms with van der Waals surface area (Å²) in [4.78, 5) is 5.05. The minimum absolute atomic E-state index is 0.603. The molecule has 2 rings (SSSR count). The van der Waals surface area contributed by atoms with Crippen LogP contribution in [0.1, 0.15) is 24.5 Å². The Morgan fingerprint density at radius 2 is 1.89 bits per heavy atom. The molecule has 3 heteroatoms. The maximum absolute atomic E-state index is 5.87. The third-order valence-corrected chi connectivity index (χ3v) is 3.98. The second-order valence-corrected chi connectivity index (χ2v) is 5.35. The molecule has 18 heavy (non-hydrogen) atoms. The zero-order chi connectivity index (χ0) is 13.0. The zero-order valence-corrected chi connectivity index (χ0v) is 12.2. The number of piperazine rings is 1. The highest BCUT2D eigenvalue weighted by molar-refractivity contribution is 6.17. The van der Waals surface area contributed by atoms with Gasteiger partial charge >= 0.3 is 0 Å². The number of anilines is 1. The van der Waals surface area contributed by atoms with Crippen LogP contribution in [0.2, 0.25) is 0 Å². The summed E-state index contributed by atoms with van der Waals surface area (Å²) in [6.07, 6.45) is 1.25. The van der Waals surface area contributed by atoms with E-state index in [1.807, 2.05) is 0 Å². The van der Waals surface area contributed by atoms with Crippen molar-refractivity contribution < 1.29 is 0 Å². The van der Waals surface area contributed by atoms with Crippen LogP contribution in [0, 0.1) is 6.92 Å². The van der Waals surface area contributed by atoms with E-state index in [1.165, 1.54) is 42.9 Å². The average molecular weight is 267 g/mol. The Morgan fingerprint density at radius 1 is 1.17 bits per heavy atom. The van der Waals surface area contributed by atoms with Gasteiger partial charge in [-0.3, -0.25) is 4.90 Å². The molecular weight excluding hydrogens is 244 g/mol. The molecule has 1 aromatic carbocycles. The van der Waals surface area contributed by atoms with Gasteiger partial charge in [0.25, 0.3) is 0 Å². The molecule has 1 aliphatic heterocycles. The molecule has 0 spiro atoms. The van der Waals surface area contributed by atoms with Gasteiger partial charge < -0.3 is 4.90 Å². The normalized spacial score (nSPS) is 17.2. The minimum atomic E-state index is 0.603. The Morgan fingerprint density at radius 3 is 2.44 bits per heavy atom. The zero-order valence-electron chi connectivity index (χ0n) is 11.5. The van der Waals surface area contributed by atoms with Crippen LogP contribution in [0.4, 0.5) is 5.69 Å². The predicted molar refractivity (Wildman–Crippen MR) is 79.7 cm³/mol. The molecule has 1 saturated heterocycles. The number of hydrogen-bond acceptors (Lipinski definition) is 2. The van der Waals surface area contributed by atoms with Crippen LogP contribution in [0.25, 0.3) is 0 Å². The summed E-state index contributed by atoms with van der Waals surface area (Å²) in [6.45, 7) is 10.3. The van der Waals surface area contributed by atoms with Gasteiger partial charge in [0.05, 0.1) is 0 Å². The number of benzene rings is 1. The number of aryl methyl sites for hydroxylation is 1. The lowest BCUT2D eigenvalue weighted by atomic mass is 10.1. The summed E-state index contributed by atoms with van der Waals surface area (Å²) in [5.41, 5.74) is 3.93. The molecule has 1 aromatic rings. The number of hydrogen-bond donors (Lipinski definition) is 0. The maximum Gasteiger partial charge on any atom is 0.0474 e. The Kier molecular flexibility index (Phi) is 4.90. The lowest BCUT2D eigenvalue weighted by molar-refractivity contribution is 0.258. The van der Waals surface area contributed by atoms with E-state index >= 15 is 0 Å². The van der Waals surface area contributed by atoms with E-state index in [4.69, 9.17) is 11.6 Å². The molecule has 1 heterocycles. The molecular formula is C15H23ClN2. The molecule has 1 fully saturated rings. The fraction of sp³-hybridized carbons (Fsp3) is 0.600. The third-order valence-electron chi connectivity index (χ3n) is 3.67. The molecule has 2 nitrogen and oxygen atoms in total. The van der Waals surface area contributed by atoms with Crippen LogP contribution in [0.15, 0.2) is 18.2 Å². The monoisotopic (exact) mass is 266 g/mol. The van der Waals surface area contributed by atoms with Crippen molar-refractivity contribution in [2.45, 2.75) is 26.1 Å². The summed E-state index contributed by atoms with van der Waals surface area (Å²) in [5.74, 6) is 0.603. The molecule has 0 amide bonds. The van der Waals surface area contributed by atoms with Gasteiger partial charge in [-0.2, -0.15) is 0 Å². The first-order chi connectivity index (χ1) is 8.74. The van der Waals surface area contributed by atoms with Gasteiger partial charge in [-0.1, -0.05) is 19.1 Å². The summed E-state index contributed by atoms with van der Waals surface area (Å²) in [7, 11) is 0. The Hall–Kier alpha value is -0.730. The molecule has 0 bridgehead atoms. The number of halogens is 1. The van der Waals surface area contributed by atoms with Crippen molar-refractivity contribution in [2.75, 3.05) is 37.6 Å². The standard InChI is InChI=1S/C15H23ClN2/c1-3-6-17-7-9-18(10-8-17)15-5-4-14(12-16)11-13(15)2/h4-5,11H,3,6-10,12H2,1-2H3. The quantitative estimate of drug-likeness (QED) is 0.772. The van der Waals surface area contributed by atoms with E-state index in [9.17, 15) is 0 Å². The molecule has 0 saturated carbocycles. The topological polar surface area (TPSA) is 6.48 Å². The molecule has 0 unspecified atom stereocenters. The van der Waals surface area contributed by atoms with Crippen molar-refractivity contribution in [1.29, 1.82) is 0 Å². The largest absolute Gasteiger partial charge is 0.369 e. The number of nitrogens with zero attached hydrogens (tertiary/aromatic N) is 2. The van der Waals surface area contributed by atoms with E-state index in [1.54, 1.807) is 0 Å². The van der Waals surface area contributed by atoms with E-state index in [0.29, 0.717) is 5.88 Å². The Balaban J connectivity index is 2.01. The molecule has 100 valence electrons. The molecule has 0 aliphatic carbocycles. The fourth-order valence-corrected chi connectivity index (χ4v) is 2.85. The highest BCUT2D eigenvalue weighted by atomic mass is 35.5. The lowest BCUT2D eigenvalue weighted by Crippen LogP contribution is -2.46. The van der Waals surface area contributed by atoms with Crippen molar-refractivity contribution in [1.82, 2.24) is 4.90 Å². The average Bonchev–Trinajstić information content (AvgIpc) is 2.40. The first kappa shape index (κ1) is 13.7. The second-order valence-electron chi connectivity index (χ2n) is 5.08. The summed E-state index contributed by atoms with van der Waals surface area (Å²) in [6, 6.07) is 6.58. The van der Waals surface area contributed by atoms with Gasteiger partial charge in [0, 0.05) is 37.7 Å². The van der Waals surface area contributed by atoms with Crippen LogP contribution >= 0.6 is 11.6 Å². The number of rotatable bonds is 4. The number of alkyl halides is 1. The minimum Gasteiger partial charge on any atom is -0.369 e. The molecule has 0 N–H and O–H groups in total. The van der Waals surface area contributed by atoms with Crippen LogP contribution in [-0.4, -0.2) is 37.6 Å². The van der Waals surface area contributed by atoms with Crippen LogP contribution in [0.3, 0.4) is 0 Å². The smallest absolute Gasteiger partial charge is 0.0474 e. The molecule has 1 aliphatic rings. The van der Waals surface area contributed by atoms with E-state index in [-0.39, 0.29) is 0 Å². The van der Waals surface area contributed by atoms with Crippen molar-refractivity contribution in [2.24, 2.45) is 0 Å². The van der Waals surface area contributed by atoms with Gasteiger partial charge in [-0.15, -0.1) is 11.6 Å². The molecule has 0 radical (unpaired) electrons. The lowest BCUT2D eigenvalue weighted by Gasteiger charge is -2.36. The van der Waals surface area contributed by atoms with Crippen LogP contribution in [0.5, 0.6) is 0 Å². The van der Waals surface area contributed by atoms with Crippen molar-refractivity contribution >= 4 is 17.3 Å². The summed E-state index contributed by atoms with van der Waals surface area (Å²) in [5, 5.41) is 0. The predicted octanol–water partition coefficient (Wildman–Crippen LogP) is 3.27. The van der Waals surface area contributed by atoms with Gasteiger partial charge in [-0.25, -0.2) is 0 Å². The van der Waals surface area contributed by atoms with E-state index in [2.05, 4.69) is 41.8 Å². The third kappa shape index (κ3) is 3.18. The second kappa shape index (κ2) is 6.44. The highest BCUT2D eigenvalue weighted by Crippen LogP contribution is 2.23. The molecule has 0 atom stereocenters. The summed E-state index contributed by atoms with van der Waals surface area (Å²) < 4.78 is 0. The van der Waals surface area contributed by atoms with Crippen LogP contribution < -0.4 is 4.90 Å². The first-order valence-electron chi connectivity index (χ1n) is 6.87. The van der Waals surface area contributed by atoms with Gasteiger partial charge in [0.15, 0.2) is 0 Å². The Labute approximate surface area is 116 Å². The first-order valence-corrected chi connectivity index (χ1v) is 7.41. The summed E-state index contributed by atoms with van der Waals surface area (Å²) >= 11 is 5.87. The van der Waals surface area contributed by atoms with Crippen molar-refractivity contribution in [3.05, 3.63) is 29.3 Å². The van der Waals surface area contributed by atoms with E-state index in [0.717, 1.165) is 13.1 Å². The van der Waals surface area contributed by atoms with E-state index < -0.39 is 0 Å². The van der Waals surface area contributed by atoms with Gasteiger partial charge in [0.2, 0.25) is 0 Å². The van der Waals surface area contributed by atoms with Crippen molar-refractivity contribution in [3.8, 4) is 0 Å². The van der Waals surface area contributed by atoms with Gasteiger partial charge in [-0.05, 0) is 37.1 Å².